The molecule has 94 valence electrons. The summed E-state index contributed by atoms with van der Waals surface area (Å²) < 4.78 is 9.13. The van der Waals surface area contributed by atoms with Crippen LogP contribution in [-0.2, 0) is 14.0 Å². The van der Waals surface area contributed by atoms with E-state index in [1.807, 2.05) is 3.88 Å². The third-order valence-corrected chi connectivity index (χ3v) is 30.3. The molecule has 0 unspecified atom stereocenters. The summed E-state index contributed by atoms with van der Waals surface area (Å²) >= 11 is -2.91. The summed E-state index contributed by atoms with van der Waals surface area (Å²) in [6.07, 6.45) is 8.40. The minimum absolute atomic E-state index is 1.25. The fourth-order valence-electron chi connectivity index (χ4n) is 4.74. The molecule has 0 saturated carbocycles. The number of rotatable bonds is 6. The van der Waals surface area contributed by atoms with Crippen LogP contribution in [0.1, 0.15) is 41.0 Å². The van der Waals surface area contributed by atoms with E-state index in [0.717, 1.165) is 0 Å². The molecule has 0 radical (unpaired) electrons. The molecule has 1 aliphatic rings. The van der Waals surface area contributed by atoms with E-state index in [2.05, 4.69) is 52.8 Å². The van der Waals surface area contributed by atoms with Crippen LogP contribution in [0.3, 0.4) is 0 Å². The molecule has 0 bridgehead atoms. The van der Waals surface area contributed by atoms with Gasteiger partial charge in [0.2, 0.25) is 0 Å². The first-order valence-electron chi connectivity index (χ1n) is 7.27. The van der Waals surface area contributed by atoms with Gasteiger partial charge in [0.1, 0.15) is 0 Å². The third-order valence-electron chi connectivity index (χ3n) is 7.79. The monoisotopic (exact) mass is 258 g/mol. The summed E-state index contributed by atoms with van der Waals surface area (Å²) in [6.45, 7) is 12.4. The Morgan fingerprint density at radius 1 is 0.875 bits per heavy atom. The van der Waals surface area contributed by atoms with Crippen molar-refractivity contribution >= 4 is 0 Å². The molecule has 0 saturated heterocycles. The SMILES string of the molecule is C[CH2][Ti]([CH2]C)([CH2]C)([CH2]C)([CH2]C)[C]1=CC=CC1. The number of hydrogen-bond acceptors (Lipinski definition) is 0. The minimum atomic E-state index is -2.91. The quantitative estimate of drug-likeness (QED) is 0.494. The van der Waals surface area contributed by atoms with E-state index < -0.39 is 14.0 Å². The molecule has 0 aromatic carbocycles. The first kappa shape index (κ1) is 14.3. The van der Waals surface area contributed by atoms with Crippen LogP contribution in [-0.4, -0.2) is 0 Å². The van der Waals surface area contributed by atoms with Gasteiger partial charge in [-0.05, 0) is 0 Å². The maximum absolute atomic E-state index is 2.91. The maximum atomic E-state index is 2.48. The molecule has 0 N–H and O–H groups in total. The molecule has 0 fully saturated rings. The van der Waals surface area contributed by atoms with Crippen LogP contribution in [0.25, 0.3) is 0 Å². The molecule has 1 heteroatoms. The molecule has 0 amide bonds. The predicted molar refractivity (Wildman–Crippen MR) is 74.2 cm³/mol. The number of hydrogen-bond donors (Lipinski definition) is 0. The van der Waals surface area contributed by atoms with Crippen LogP contribution in [0.4, 0.5) is 0 Å². The molecule has 0 nitrogen and oxygen atoms in total. The summed E-state index contributed by atoms with van der Waals surface area (Å²) in [5.41, 5.74) is 0. The predicted octanol–water partition coefficient (Wildman–Crippen LogP) is 6.25. The van der Waals surface area contributed by atoms with Crippen LogP contribution in [0.15, 0.2) is 22.1 Å². The summed E-state index contributed by atoms with van der Waals surface area (Å²) in [5.74, 6) is 0. The second-order valence-electron chi connectivity index (χ2n) is 6.48. The Balaban J connectivity index is 3.51. The van der Waals surface area contributed by atoms with Crippen molar-refractivity contribution in [3.8, 4) is 0 Å². The van der Waals surface area contributed by atoms with Gasteiger partial charge in [0, 0.05) is 0 Å². The average molecular weight is 258 g/mol. The first-order valence-corrected chi connectivity index (χ1v) is 13.6. The zero-order valence-corrected chi connectivity index (χ0v) is 13.5. The van der Waals surface area contributed by atoms with E-state index in [1.54, 1.807) is 0 Å². The molecular formula is C15H30Ti. The summed E-state index contributed by atoms with van der Waals surface area (Å²) in [7, 11) is 0. The normalized spacial score (nSPS) is 20.4. The van der Waals surface area contributed by atoms with E-state index in [1.165, 1.54) is 30.0 Å². The van der Waals surface area contributed by atoms with Crippen LogP contribution >= 0.6 is 0 Å². The fraction of sp³-hybridized carbons (Fsp3) is 0.733. The Morgan fingerprint density at radius 2 is 1.31 bits per heavy atom. The summed E-state index contributed by atoms with van der Waals surface area (Å²) in [6, 6.07) is 0. The molecule has 0 aliphatic heterocycles. The third kappa shape index (κ3) is 1.39. The zero-order valence-electron chi connectivity index (χ0n) is 12.0. The van der Waals surface area contributed by atoms with Crippen molar-refractivity contribution < 1.29 is 14.0 Å². The standard InChI is InChI=1S/C5H5.5C2H5.Ti/c1-2-4-5-3-1;5*1-2;/h1-3H,4H2;5*1H2,2H3;. The Kier molecular flexibility index (Phi) is 3.69. The van der Waals surface area contributed by atoms with Crippen molar-refractivity contribution in [2.45, 2.75) is 64.7 Å². The molecule has 0 atom stereocenters. The second-order valence-corrected chi connectivity index (χ2v) is 23.6. The van der Waals surface area contributed by atoms with E-state index >= 15 is 0 Å². The van der Waals surface area contributed by atoms with Gasteiger partial charge in [-0.15, -0.1) is 0 Å². The molecule has 16 heavy (non-hydrogen) atoms. The van der Waals surface area contributed by atoms with Gasteiger partial charge in [-0.3, -0.25) is 0 Å². The van der Waals surface area contributed by atoms with Gasteiger partial charge >= 0.3 is 101 Å². The molecule has 0 aromatic heterocycles. The molecule has 0 heterocycles. The number of allylic oxidation sites excluding steroid dienone is 4. The topological polar surface area (TPSA) is 0 Å². The fourth-order valence-corrected chi connectivity index (χ4v) is 18.5. The van der Waals surface area contributed by atoms with Gasteiger partial charge in [0.05, 0.1) is 0 Å². The summed E-state index contributed by atoms with van der Waals surface area (Å²) in [4.78, 5) is 0. The van der Waals surface area contributed by atoms with Crippen molar-refractivity contribution in [3.63, 3.8) is 0 Å². The van der Waals surface area contributed by atoms with E-state index in [-0.39, 0.29) is 0 Å². The second kappa shape index (κ2) is 4.14. The van der Waals surface area contributed by atoms with Crippen molar-refractivity contribution in [1.82, 2.24) is 0 Å². The molecule has 0 aromatic rings. The van der Waals surface area contributed by atoms with Crippen molar-refractivity contribution in [3.05, 3.63) is 22.1 Å². The van der Waals surface area contributed by atoms with E-state index in [0.29, 0.717) is 0 Å². The Hall–Kier alpha value is 0.194. The molecular weight excluding hydrogens is 228 g/mol. The zero-order chi connectivity index (χ0) is 12.3. The van der Waals surface area contributed by atoms with Gasteiger partial charge in [0.25, 0.3) is 0 Å². The van der Waals surface area contributed by atoms with E-state index in [9.17, 15) is 0 Å². The Morgan fingerprint density at radius 3 is 1.56 bits per heavy atom. The Bertz CT molecular complexity index is 285. The van der Waals surface area contributed by atoms with Gasteiger partial charge in [-0.1, -0.05) is 0 Å². The summed E-state index contributed by atoms with van der Waals surface area (Å²) in [5, 5.41) is 0. The molecule has 1 aliphatic carbocycles. The Labute approximate surface area is 101 Å². The first-order chi connectivity index (χ1) is 7.53. The molecule has 0 spiro atoms. The van der Waals surface area contributed by atoms with Gasteiger partial charge in [-0.25, -0.2) is 0 Å². The average Bonchev–Trinajstić information content (AvgIpc) is 2.91. The van der Waals surface area contributed by atoms with Crippen LogP contribution in [0.2, 0.25) is 23.6 Å². The molecule has 1 rings (SSSR count). The van der Waals surface area contributed by atoms with E-state index in [4.69, 9.17) is 0 Å². The van der Waals surface area contributed by atoms with Crippen LogP contribution in [0, 0.1) is 0 Å². The van der Waals surface area contributed by atoms with Crippen molar-refractivity contribution in [2.24, 2.45) is 0 Å². The van der Waals surface area contributed by atoms with Crippen LogP contribution in [0.5, 0.6) is 0 Å². The van der Waals surface area contributed by atoms with Gasteiger partial charge in [0.15, 0.2) is 0 Å². The van der Waals surface area contributed by atoms with Gasteiger partial charge in [-0.2, -0.15) is 0 Å². The van der Waals surface area contributed by atoms with Crippen molar-refractivity contribution in [1.29, 1.82) is 0 Å². The van der Waals surface area contributed by atoms with Crippen LogP contribution < -0.4 is 0 Å². The van der Waals surface area contributed by atoms with Crippen molar-refractivity contribution in [2.75, 3.05) is 0 Å². The van der Waals surface area contributed by atoms with Gasteiger partial charge < -0.3 is 0 Å².